The largest absolute Gasteiger partial charge is 0.508 e. The number of aromatic hydroxyl groups is 2. The van der Waals surface area contributed by atoms with Gasteiger partial charge in [-0.05, 0) is 64.0 Å². The van der Waals surface area contributed by atoms with Crippen molar-refractivity contribution >= 4 is 5.78 Å². The predicted octanol–water partition coefficient (Wildman–Crippen LogP) is 6.34. The van der Waals surface area contributed by atoms with Crippen LogP contribution < -0.4 is 0 Å². The normalized spacial score (nSPS) is 13.8. The molecule has 0 aliphatic rings. The zero-order chi connectivity index (χ0) is 19.7. The van der Waals surface area contributed by atoms with Gasteiger partial charge in [0.05, 0.1) is 5.56 Å². The van der Waals surface area contributed by atoms with Crippen LogP contribution in [0.3, 0.4) is 0 Å². The molecule has 0 aromatic heterocycles. The van der Waals surface area contributed by atoms with Crippen molar-refractivity contribution in [1.82, 2.24) is 0 Å². The first kappa shape index (κ1) is 21.8. The lowest BCUT2D eigenvalue weighted by Gasteiger charge is -2.24. The van der Waals surface area contributed by atoms with Crippen LogP contribution in [0.2, 0.25) is 0 Å². The molecule has 0 heterocycles. The first-order valence-corrected chi connectivity index (χ1v) is 9.14. The molecule has 1 unspecified atom stereocenters. The van der Waals surface area contributed by atoms with E-state index in [2.05, 4.69) is 39.5 Å². The van der Waals surface area contributed by atoms with Crippen molar-refractivity contribution in [2.75, 3.05) is 0 Å². The van der Waals surface area contributed by atoms with Gasteiger partial charge in [0.25, 0.3) is 0 Å². The summed E-state index contributed by atoms with van der Waals surface area (Å²) < 4.78 is 0. The molecular weight excluding hydrogens is 324 g/mol. The van der Waals surface area contributed by atoms with Gasteiger partial charge in [-0.3, -0.25) is 4.79 Å². The van der Waals surface area contributed by atoms with Crippen LogP contribution in [0.25, 0.3) is 0 Å². The van der Waals surface area contributed by atoms with Crippen molar-refractivity contribution < 1.29 is 15.0 Å². The second-order valence-corrected chi connectivity index (χ2v) is 7.57. The minimum Gasteiger partial charge on any atom is -0.508 e. The summed E-state index contributed by atoms with van der Waals surface area (Å²) in [5.41, 5.74) is 2.60. The number of hydrogen-bond donors (Lipinski definition) is 2. The molecular formula is C23H32O3. The summed E-state index contributed by atoms with van der Waals surface area (Å²) in [7, 11) is 0. The fourth-order valence-electron chi connectivity index (χ4n) is 2.82. The van der Waals surface area contributed by atoms with E-state index in [1.807, 2.05) is 13.0 Å². The number of phenolic OH excluding ortho intramolecular Hbond substituents is 2. The third-order valence-electron chi connectivity index (χ3n) is 4.64. The fourth-order valence-corrected chi connectivity index (χ4v) is 2.82. The van der Waals surface area contributed by atoms with E-state index in [0.717, 1.165) is 25.7 Å². The van der Waals surface area contributed by atoms with Crippen molar-refractivity contribution in [3.63, 3.8) is 0 Å². The summed E-state index contributed by atoms with van der Waals surface area (Å²) in [6.07, 6.45) is 10.4. The highest BCUT2D eigenvalue weighted by Crippen LogP contribution is 2.33. The van der Waals surface area contributed by atoms with E-state index in [0.29, 0.717) is 0 Å². The Morgan fingerprint density at radius 2 is 1.85 bits per heavy atom. The lowest BCUT2D eigenvalue weighted by molar-refractivity contribution is 0.0937. The van der Waals surface area contributed by atoms with Crippen LogP contribution in [0.15, 0.2) is 54.2 Å². The third kappa shape index (κ3) is 7.30. The molecule has 0 aliphatic heterocycles. The van der Waals surface area contributed by atoms with E-state index >= 15 is 0 Å². The number of phenols is 2. The van der Waals surface area contributed by atoms with Gasteiger partial charge >= 0.3 is 0 Å². The average Bonchev–Trinajstić information content (AvgIpc) is 2.54. The lowest BCUT2D eigenvalue weighted by atomic mass is 9.79. The van der Waals surface area contributed by atoms with E-state index in [-0.39, 0.29) is 34.7 Å². The molecule has 0 radical (unpaired) electrons. The van der Waals surface area contributed by atoms with Gasteiger partial charge in [-0.2, -0.15) is 0 Å². The number of Topliss-reactive ketones (excluding diaryl/α,β-unsaturated/α-hetero) is 1. The molecule has 0 aliphatic carbocycles. The van der Waals surface area contributed by atoms with Gasteiger partial charge in [0.1, 0.15) is 11.5 Å². The zero-order valence-electron chi connectivity index (χ0n) is 16.5. The number of carbonyl (C=O) groups is 1. The molecule has 1 aromatic carbocycles. The molecule has 26 heavy (non-hydrogen) atoms. The van der Waals surface area contributed by atoms with Crippen LogP contribution in [-0.4, -0.2) is 16.0 Å². The maximum Gasteiger partial charge on any atom is 0.167 e. The van der Waals surface area contributed by atoms with Crippen LogP contribution in [0.4, 0.5) is 0 Å². The highest BCUT2D eigenvalue weighted by atomic mass is 16.3. The van der Waals surface area contributed by atoms with Crippen LogP contribution in [0.1, 0.15) is 70.2 Å². The van der Waals surface area contributed by atoms with Gasteiger partial charge in [0, 0.05) is 12.5 Å². The Bertz CT molecular complexity index is 693. The number of benzene rings is 1. The smallest absolute Gasteiger partial charge is 0.167 e. The Hall–Kier alpha value is -2.29. The van der Waals surface area contributed by atoms with Gasteiger partial charge in [-0.25, -0.2) is 0 Å². The number of allylic oxidation sites excluding steroid dienone is 5. The highest BCUT2D eigenvalue weighted by molar-refractivity contribution is 5.99. The molecule has 142 valence electrons. The minimum atomic E-state index is -0.335. The fraction of sp³-hybridized carbons (Fsp3) is 0.435. The highest BCUT2D eigenvalue weighted by Gasteiger charge is 2.25. The Labute approximate surface area is 157 Å². The molecule has 0 spiro atoms. The lowest BCUT2D eigenvalue weighted by Crippen LogP contribution is -2.18. The van der Waals surface area contributed by atoms with Gasteiger partial charge in [0.15, 0.2) is 5.78 Å². The zero-order valence-corrected chi connectivity index (χ0v) is 16.5. The van der Waals surface area contributed by atoms with Crippen molar-refractivity contribution in [1.29, 1.82) is 0 Å². The van der Waals surface area contributed by atoms with Crippen LogP contribution >= 0.6 is 0 Å². The monoisotopic (exact) mass is 356 g/mol. The van der Waals surface area contributed by atoms with E-state index < -0.39 is 0 Å². The summed E-state index contributed by atoms with van der Waals surface area (Å²) in [5.74, 6) is -0.384. The summed E-state index contributed by atoms with van der Waals surface area (Å²) in [5, 5.41) is 19.2. The van der Waals surface area contributed by atoms with E-state index in [9.17, 15) is 15.0 Å². The van der Waals surface area contributed by atoms with Gasteiger partial charge in [0.2, 0.25) is 0 Å². The first-order chi connectivity index (χ1) is 12.2. The predicted molar refractivity (Wildman–Crippen MR) is 109 cm³/mol. The van der Waals surface area contributed by atoms with Crippen molar-refractivity contribution in [2.24, 2.45) is 5.41 Å². The SMILES string of the molecule is C=CC(C)(CCC=C(C)CCC=C(C)C)CC(=O)c1ccc(O)cc1O. The second-order valence-electron chi connectivity index (χ2n) is 7.57. The summed E-state index contributed by atoms with van der Waals surface area (Å²) in [4.78, 5) is 12.5. The average molecular weight is 357 g/mol. The van der Waals surface area contributed by atoms with Crippen LogP contribution in [0, 0.1) is 5.41 Å². The summed E-state index contributed by atoms with van der Waals surface area (Å²) >= 11 is 0. The molecule has 0 fully saturated rings. The Morgan fingerprint density at radius 1 is 1.15 bits per heavy atom. The molecule has 0 bridgehead atoms. The topological polar surface area (TPSA) is 57.5 Å². The van der Waals surface area contributed by atoms with Gasteiger partial charge in [-0.1, -0.05) is 36.3 Å². The molecule has 1 rings (SSSR count). The molecule has 1 aromatic rings. The summed E-state index contributed by atoms with van der Waals surface area (Å²) in [6, 6.07) is 4.07. The van der Waals surface area contributed by atoms with Crippen molar-refractivity contribution in [3.8, 4) is 11.5 Å². The maximum atomic E-state index is 12.5. The van der Waals surface area contributed by atoms with Gasteiger partial charge in [-0.15, -0.1) is 6.58 Å². The maximum absolute atomic E-state index is 12.5. The Balaban J connectivity index is 2.66. The number of hydrogen-bond acceptors (Lipinski definition) is 3. The summed E-state index contributed by atoms with van der Waals surface area (Å²) in [6.45, 7) is 12.3. The first-order valence-electron chi connectivity index (χ1n) is 9.14. The molecule has 3 heteroatoms. The molecule has 0 saturated heterocycles. The molecule has 1 atom stereocenters. The number of ketones is 1. The van der Waals surface area contributed by atoms with Crippen LogP contribution in [-0.2, 0) is 0 Å². The van der Waals surface area contributed by atoms with Crippen LogP contribution in [0.5, 0.6) is 11.5 Å². The minimum absolute atomic E-state index is 0.0562. The standard InChI is InChI=1S/C23H32O3/c1-6-23(5,14-8-11-18(4)10-7-9-17(2)3)16-22(26)20-13-12-19(24)15-21(20)25/h6,9,11-13,15,24-25H,1,7-8,10,14,16H2,2-5H3. The molecule has 0 amide bonds. The second kappa shape index (κ2) is 10.0. The number of carbonyl (C=O) groups excluding carboxylic acids is 1. The van der Waals surface area contributed by atoms with E-state index in [1.54, 1.807) is 0 Å². The van der Waals surface area contributed by atoms with Gasteiger partial charge < -0.3 is 10.2 Å². The van der Waals surface area contributed by atoms with Crippen molar-refractivity contribution in [2.45, 2.75) is 59.8 Å². The molecule has 2 N–H and O–H groups in total. The Kier molecular flexibility index (Phi) is 8.37. The third-order valence-corrected chi connectivity index (χ3v) is 4.64. The molecule has 0 saturated carbocycles. The van der Waals surface area contributed by atoms with E-state index in [1.165, 1.54) is 29.3 Å². The number of rotatable bonds is 10. The van der Waals surface area contributed by atoms with E-state index in [4.69, 9.17) is 0 Å². The molecule has 3 nitrogen and oxygen atoms in total. The quantitative estimate of drug-likeness (QED) is 0.380. The Morgan fingerprint density at radius 3 is 2.42 bits per heavy atom. The van der Waals surface area contributed by atoms with Crippen molar-refractivity contribution in [3.05, 3.63) is 59.7 Å².